The fourth-order valence-corrected chi connectivity index (χ4v) is 5.41. The van der Waals surface area contributed by atoms with Crippen LogP contribution in [0.1, 0.15) is 61.9 Å². The quantitative estimate of drug-likeness (QED) is 0.356. The van der Waals surface area contributed by atoms with Crippen LogP contribution in [0.5, 0.6) is 0 Å². The molecule has 0 unspecified atom stereocenters. The Bertz CT molecular complexity index is 1260. The van der Waals surface area contributed by atoms with Crippen LogP contribution in [0.25, 0.3) is 10.8 Å². The molecule has 6 nitrogen and oxygen atoms in total. The molecule has 0 saturated carbocycles. The Morgan fingerprint density at radius 2 is 1.84 bits per heavy atom. The van der Waals surface area contributed by atoms with Gasteiger partial charge in [-0.15, -0.1) is 0 Å². The first-order valence-electron chi connectivity index (χ1n) is 13.5. The number of rotatable bonds is 9. The van der Waals surface area contributed by atoms with Crippen molar-refractivity contribution in [3.63, 3.8) is 0 Å². The molecule has 38 heavy (non-hydrogen) atoms. The Morgan fingerprint density at radius 1 is 1.13 bits per heavy atom. The number of amides is 2. The van der Waals surface area contributed by atoms with Gasteiger partial charge >= 0.3 is 0 Å². The Morgan fingerprint density at radius 3 is 2.55 bits per heavy atom. The largest absolute Gasteiger partial charge is 0.350 e. The number of nitrogens with two attached hydrogens (primary N) is 1. The molecule has 1 fully saturated rings. The summed E-state index contributed by atoms with van der Waals surface area (Å²) in [6.07, 6.45) is 2.21. The van der Waals surface area contributed by atoms with Crippen molar-refractivity contribution >= 4 is 34.2 Å². The molecular formula is C31H39ClN4O2. The molecule has 3 aromatic rings. The predicted molar refractivity (Wildman–Crippen MR) is 156 cm³/mol. The Kier molecular flexibility index (Phi) is 9.08. The molecule has 0 aliphatic carbocycles. The van der Waals surface area contributed by atoms with Gasteiger partial charge in [-0.2, -0.15) is 0 Å². The van der Waals surface area contributed by atoms with E-state index in [-0.39, 0.29) is 23.8 Å². The van der Waals surface area contributed by atoms with Crippen molar-refractivity contribution in [2.24, 2.45) is 5.73 Å². The minimum absolute atomic E-state index is 0.0451. The van der Waals surface area contributed by atoms with Crippen molar-refractivity contribution < 1.29 is 9.59 Å². The van der Waals surface area contributed by atoms with Gasteiger partial charge in [0.1, 0.15) is 0 Å². The number of nitrogens with zero attached hydrogens (tertiary/aromatic N) is 1. The summed E-state index contributed by atoms with van der Waals surface area (Å²) in [4.78, 5) is 28.7. The van der Waals surface area contributed by atoms with Gasteiger partial charge in [0.2, 0.25) is 5.91 Å². The van der Waals surface area contributed by atoms with Crippen LogP contribution in [0.4, 0.5) is 0 Å². The van der Waals surface area contributed by atoms with Crippen LogP contribution < -0.4 is 16.4 Å². The summed E-state index contributed by atoms with van der Waals surface area (Å²) >= 11 is 6.09. The number of nitrogens with one attached hydrogen (secondary N) is 2. The van der Waals surface area contributed by atoms with Gasteiger partial charge in [-0.3, -0.25) is 9.59 Å². The number of carbonyl (C=O) groups is 2. The highest BCUT2D eigenvalue weighted by atomic mass is 35.5. The first-order valence-corrected chi connectivity index (χ1v) is 13.9. The molecule has 202 valence electrons. The number of carbonyl (C=O) groups excluding carboxylic acids is 2. The van der Waals surface area contributed by atoms with E-state index < -0.39 is 11.6 Å². The van der Waals surface area contributed by atoms with E-state index in [1.165, 1.54) is 5.56 Å². The zero-order chi connectivity index (χ0) is 27.3. The second-order valence-electron chi connectivity index (χ2n) is 11.1. The molecule has 3 atom stereocenters. The van der Waals surface area contributed by atoms with Crippen LogP contribution in [0.3, 0.4) is 0 Å². The highest BCUT2D eigenvalue weighted by Crippen LogP contribution is 2.24. The van der Waals surface area contributed by atoms with E-state index in [1.54, 1.807) is 0 Å². The SMILES string of the molecule is CC[C@H](CN1CC[C@@H](CNC(=O)c2ccc3cc(Cl)ccc3c2)N[C@@H](CC(C)(C)N)C1=O)c1ccccc1. The topological polar surface area (TPSA) is 87.5 Å². The summed E-state index contributed by atoms with van der Waals surface area (Å²) < 4.78 is 0. The average Bonchev–Trinajstić information content (AvgIpc) is 3.03. The number of halogens is 1. The minimum atomic E-state index is -0.505. The van der Waals surface area contributed by atoms with Crippen LogP contribution in [-0.4, -0.2) is 54.0 Å². The van der Waals surface area contributed by atoms with Crippen LogP contribution in [0, 0.1) is 0 Å². The van der Waals surface area contributed by atoms with E-state index in [2.05, 4.69) is 29.7 Å². The lowest BCUT2D eigenvalue weighted by molar-refractivity contribution is -0.133. The Balaban J connectivity index is 1.45. The maximum Gasteiger partial charge on any atom is 0.251 e. The molecule has 1 heterocycles. The van der Waals surface area contributed by atoms with Crippen molar-refractivity contribution in [2.45, 2.75) is 63.6 Å². The lowest BCUT2D eigenvalue weighted by Gasteiger charge is -2.31. The third kappa shape index (κ3) is 7.34. The standard InChI is InChI=1S/C31H39ClN4O2/c1-4-21(22-8-6-5-7-9-22)20-36-15-14-27(35-28(30(36)38)18-31(2,3)33)19-34-29(37)25-11-10-24-17-26(32)13-12-23(24)16-25/h5-13,16-17,21,27-28,35H,4,14-15,18-20,33H2,1-3H3,(H,34,37)/t21-,27+,28+/m1/s1. The van der Waals surface area contributed by atoms with E-state index in [4.69, 9.17) is 17.3 Å². The summed E-state index contributed by atoms with van der Waals surface area (Å²) in [5.41, 5.74) is 7.69. The first kappa shape index (κ1) is 28.1. The van der Waals surface area contributed by atoms with Crippen molar-refractivity contribution in [2.75, 3.05) is 19.6 Å². The molecule has 2 amide bonds. The van der Waals surface area contributed by atoms with E-state index in [0.29, 0.717) is 36.6 Å². The summed E-state index contributed by atoms with van der Waals surface area (Å²) in [5, 5.41) is 9.22. The van der Waals surface area contributed by atoms with Gasteiger partial charge in [-0.1, -0.05) is 61.0 Å². The maximum absolute atomic E-state index is 13.7. The molecule has 0 aromatic heterocycles. The third-order valence-electron chi connectivity index (χ3n) is 7.30. The van der Waals surface area contributed by atoms with Gasteiger partial charge in [0, 0.05) is 47.7 Å². The van der Waals surface area contributed by atoms with Gasteiger partial charge in [0.25, 0.3) is 5.91 Å². The third-order valence-corrected chi connectivity index (χ3v) is 7.54. The van der Waals surface area contributed by atoms with Crippen molar-refractivity contribution in [3.05, 3.63) is 82.9 Å². The van der Waals surface area contributed by atoms with Crippen LogP contribution in [0.15, 0.2) is 66.7 Å². The van der Waals surface area contributed by atoms with Crippen molar-refractivity contribution in [1.29, 1.82) is 0 Å². The zero-order valence-corrected chi connectivity index (χ0v) is 23.3. The molecule has 4 rings (SSSR count). The van der Waals surface area contributed by atoms with Crippen LogP contribution in [0.2, 0.25) is 5.02 Å². The lowest BCUT2D eigenvalue weighted by Crippen LogP contribution is -2.53. The average molecular weight is 535 g/mol. The normalized spacial score (nSPS) is 19.3. The van der Waals surface area contributed by atoms with Gasteiger partial charge in [-0.25, -0.2) is 0 Å². The van der Waals surface area contributed by atoms with E-state index in [0.717, 1.165) is 23.6 Å². The Hall–Kier alpha value is -2.93. The summed E-state index contributed by atoms with van der Waals surface area (Å²) in [6.45, 7) is 7.78. The summed E-state index contributed by atoms with van der Waals surface area (Å²) in [7, 11) is 0. The predicted octanol–water partition coefficient (Wildman–Crippen LogP) is 5.10. The number of benzene rings is 3. The molecular weight excluding hydrogens is 496 g/mol. The van der Waals surface area contributed by atoms with Crippen LogP contribution in [-0.2, 0) is 4.79 Å². The minimum Gasteiger partial charge on any atom is -0.350 e. The molecule has 4 N–H and O–H groups in total. The van der Waals surface area contributed by atoms with E-state index in [1.807, 2.05) is 73.3 Å². The Labute approximate surface area is 230 Å². The van der Waals surface area contributed by atoms with Gasteiger partial charge in [0.15, 0.2) is 0 Å². The molecule has 1 aliphatic rings. The summed E-state index contributed by atoms with van der Waals surface area (Å²) in [6, 6.07) is 21.2. The molecule has 3 aromatic carbocycles. The molecule has 0 bridgehead atoms. The van der Waals surface area contributed by atoms with E-state index >= 15 is 0 Å². The van der Waals surface area contributed by atoms with Crippen molar-refractivity contribution in [3.8, 4) is 0 Å². The summed E-state index contributed by atoms with van der Waals surface area (Å²) in [5.74, 6) is 0.215. The fraction of sp³-hybridized carbons (Fsp3) is 0.419. The van der Waals surface area contributed by atoms with Crippen molar-refractivity contribution in [1.82, 2.24) is 15.5 Å². The molecule has 1 aliphatic heterocycles. The number of hydrogen-bond donors (Lipinski definition) is 3. The zero-order valence-electron chi connectivity index (χ0n) is 22.5. The highest BCUT2D eigenvalue weighted by molar-refractivity contribution is 6.31. The van der Waals surface area contributed by atoms with E-state index in [9.17, 15) is 9.59 Å². The molecule has 0 spiro atoms. The van der Waals surface area contributed by atoms with Gasteiger partial charge in [0.05, 0.1) is 6.04 Å². The van der Waals surface area contributed by atoms with Gasteiger partial charge in [-0.05, 0) is 73.7 Å². The fourth-order valence-electron chi connectivity index (χ4n) is 5.23. The highest BCUT2D eigenvalue weighted by Gasteiger charge is 2.34. The first-order chi connectivity index (χ1) is 18.1. The molecule has 7 heteroatoms. The number of hydrogen-bond acceptors (Lipinski definition) is 4. The smallest absolute Gasteiger partial charge is 0.251 e. The van der Waals surface area contributed by atoms with Crippen LogP contribution >= 0.6 is 11.6 Å². The second-order valence-corrected chi connectivity index (χ2v) is 11.6. The lowest BCUT2D eigenvalue weighted by atomic mass is 9.94. The molecule has 0 radical (unpaired) electrons. The molecule has 1 saturated heterocycles. The second kappa shape index (κ2) is 12.3. The maximum atomic E-state index is 13.7. The monoisotopic (exact) mass is 534 g/mol. The van der Waals surface area contributed by atoms with Gasteiger partial charge < -0.3 is 21.3 Å². The number of fused-ring (bicyclic) bond motifs is 1.